The number of ether oxygens (including phenoxy) is 2. The molecule has 37 heavy (non-hydrogen) atoms. The van der Waals surface area contributed by atoms with Crippen LogP contribution in [0.5, 0.6) is 11.5 Å². The summed E-state index contributed by atoms with van der Waals surface area (Å²) < 4.78 is 13.4. The largest absolute Gasteiger partial charge is 0.456 e. The van der Waals surface area contributed by atoms with Crippen LogP contribution in [0.2, 0.25) is 5.02 Å². The Morgan fingerprint density at radius 3 is 2.73 bits per heavy atom. The van der Waals surface area contributed by atoms with Gasteiger partial charge in [0.2, 0.25) is 0 Å². The third-order valence-electron chi connectivity index (χ3n) is 6.00. The molecule has 6 rings (SSSR count). The summed E-state index contributed by atoms with van der Waals surface area (Å²) in [7, 11) is 1.96. The summed E-state index contributed by atoms with van der Waals surface area (Å²) >= 11 is 6.56. The second-order valence-corrected chi connectivity index (χ2v) is 8.71. The molecule has 2 aliphatic rings. The van der Waals surface area contributed by atoms with Crippen LogP contribution in [0.1, 0.15) is 19.5 Å². The highest BCUT2D eigenvalue weighted by Crippen LogP contribution is 2.35. The molecule has 2 N–H and O–H groups in total. The van der Waals surface area contributed by atoms with Gasteiger partial charge in [-0.1, -0.05) is 25.4 Å². The lowest BCUT2D eigenvalue weighted by molar-refractivity contribution is 0.0236. The van der Waals surface area contributed by atoms with Crippen molar-refractivity contribution in [2.75, 3.05) is 36.9 Å². The Morgan fingerprint density at radius 1 is 1.08 bits per heavy atom. The first-order chi connectivity index (χ1) is 18.1. The fourth-order valence-electron chi connectivity index (χ4n) is 4.15. The van der Waals surface area contributed by atoms with Crippen molar-refractivity contribution in [2.45, 2.75) is 20.1 Å². The summed E-state index contributed by atoms with van der Waals surface area (Å²) in [5.41, 5.74) is 4.18. The Morgan fingerprint density at radius 2 is 1.92 bits per heavy atom. The minimum Gasteiger partial charge on any atom is -0.456 e. The van der Waals surface area contributed by atoms with Gasteiger partial charge in [-0.2, -0.15) is 0 Å². The van der Waals surface area contributed by atoms with Gasteiger partial charge in [0.1, 0.15) is 29.2 Å². The molecule has 0 bridgehead atoms. The molecular weight excluding hydrogens is 492 g/mol. The second kappa shape index (κ2) is 11.1. The van der Waals surface area contributed by atoms with Crippen LogP contribution in [0.4, 0.5) is 17.2 Å². The monoisotopic (exact) mass is 520 g/mol. The van der Waals surface area contributed by atoms with Crippen molar-refractivity contribution in [3.63, 3.8) is 0 Å². The summed E-state index contributed by atoms with van der Waals surface area (Å²) in [4.78, 5) is 20.0. The molecule has 0 radical (unpaired) electrons. The van der Waals surface area contributed by atoms with E-state index in [9.17, 15) is 0 Å². The van der Waals surface area contributed by atoms with Crippen LogP contribution in [0.15, 0.2) is 54.0 Å². The van der Waals surface area contributed by atoms with Crippen molar-refractivity contribution in [1.82, 2.24) is 24.4 Å². The highest BCUT2D eigenvalue weighted by molar-refractivity contribution is 6.32. The van der Waals surface area contributed by atoms with Crippen molar-refractivity contribution in [3.05, 3.63) is 59.8 Å². The van der Waals surface area contributed by atoms with Gasteiger partial charge in [-0.3, -0.25) is 9.89 Å². The van der Waals surface area contributed by atoms with E-state index >= 15 is 0 Å². The number of aliphatic imine (C=N–C) groups is 1. The van der Waals surface area contributed by atoms with E-state index in [0.717, 1.165) is 41.2 Å². The van der Waals surface area contributed by atoms with Gasteiger partial charge in [-0.05, 0) is 30.3 Å². The van der Waals surface area contributed by atoms with Crippen LogP contribution < -0.4 is 15.4 Å². The smallest absolute Gasteiger partial charge is 0.176 e. The molecule has 0 saturated carbocycles. The summed E-state index contributed by atoms with van der Waals surface area (Å²) in [5.74, 6) is 1.86. The molecule has 1 fully saturated rings. The van der Waals surface area contributed by atoms with E-state index in [1.54, 1.807) is 18.6 Å². The maximum Gasteiger partial charge on any atom is 0.176 e. The quantitative estimate of drug-likeness (QED) is 0.377. The molecule has 2 aliphatic heterocycles. The van der Waals surface area contributed by atoms with Crippen molar-refractivity contribution in [1.29, 1.82) is 0 Å². The molecule has 0 spiro atoms. The molecule has 1 unspecified atom stereocenters. The van der Waals surface area contributed by atoms with E-state index in [2.05, 4.69) is 35.5 Å². The Hall–Kier alpha value is -3.73. The number of halogens is 1. The molecular formula is C26H29ClN8O2. The number of nitrogens with zero attached hydrogens (tertiary/aromatic N) is 6. The van der Waals surface area contributed by atoms with Gasteiger partial charge in [0.05, 0.1) is 41.8 Å². The van der Waals surface area contributed by atoms with E-state index in [1.165, 1.54) is 6.33 Å². The SMILES string of the molecule is CC.Cn1cnc2cc(Oc3ccc(Nc4ncnc5c4NC(N4CCOCC4)N=C5)cc3Cl)ccc21. The van der Waals surface area contributed by atoms with Crippen LogP contribution in [0.25, 0.3) is 11.0 Å². The Kier molecular flexibility index (Phi) is 7.50. The van der Waals surface area contributed by atoms with Gasteiger partial charge in [0.15, 0.2) is 12.1 Å². The van der Waals surface area contributed by atoms with Crippen molar-refractivity contribution < 1.29 is 9.47 Å². The van der Waals surface area contributed by atoms with Crippen LogP contribution in [0, 0.1) is 0 Å². The zero-order valence-corrected chi connectivity index (χ0v) is 21.7. The molecule has 11 heteroatoms. The molecule has 2 aromatic carbocycles. The number of fused-ring (bicyclic) bond motifs is 2. The zero-order chi connectivity index (χ0) is 25.8. The molecule has 1 saturated heterocycles. The summed E-state index contributed by atoms with van der Waals surface area (Å²) in [6.45, 7) is 7.01. The molecule has 192 valence electrons. The minimum absolute atomic E-state index is 0.186. The predicted octanol–water partition coefficient (Wildman–Crippen LogP) is 5.04. The highest BCUT2D eigenvalue weighted by atomic mass is 35.5. The molecule has 0 aliphatic carbocycles. The molecule has 10 nitrogen and oxygen atoms in total. The summed E-state index contributed by atoms with van der Waals surface area (Å²) in [5, 5.41) is 7.27. The lowest BCUT2D eigenvalue weighted by atomic mass is 10.2. The van der Waals surface area contributed by atoms with Crippen LogP contribution in [-0.2, 0) is 11.8 Å². The number of anilines is 3. The second-order valence-electron chi connectivity index (χ2n) is 8.31. The number of rotatable bonds is 5. The van der Waals surface area contributed by atoms with Crippen molar-refractivity contribution in [2.24, 2.45) is 12.0 Å². The molecule has 2 aromatic heterocycles. The average molecular weight is 521 g/mol. The van der Waals surface area contributed by atoms with Gasteiger partial charge in [0, 0.05) is 31.9 Å². The average Bonchev–Trinajstić information content (AvgIpc) is 3.31. The maximum absolute atomic E-state index is 6.56. The standard InChI is InChI=1S/C24H23ClN8O2.C2H6/c1-32-14-29-18-11-16(3-4-20(18)32)35-21-5-2-15(10-17(21)25)30-23-22-19(27-13-28-23)12-26-24(31-22)33-6-8-34-9-7-33;1-2/h2-5,10-14,24,31H,6-9H2,1H3,(H,27,28,30);1-2H3. The highest BCUT2D eigenvalue weighted by Gasteiger charge is 2.25. The number of hydrogen-bond acceptors (Lipinski definition) is 9. The Balaban J connectivity index is 0.00000137. The lowest BCUT2D eigenvalue weighted by Crippen LogP contribution is -2.47. The lowest BCUT2D eigenvalue weighted by Gasteiger charge is -2.34. The normalized spacial score (nSPS) is 16.9. The van der Waals surface area contributed by atoms with Crippen LogP contribution in [0.3, 0.4) is 0 Å². The van der Waals surface area contributed by atoms with E-state index < -0.39 is 0 Å². The maximum atomic E-state index is 6.56. The number of aryl methyl sites for hydroxylation is 1. The van der Waals surface area contributed by atoms with Gasteiger partial charge < -0.3 is 24.7 Å². The Bertz CT molecular complexity index is 1420. The predicted molar refractivity (Wildman–Crippen MR) is 146 cm³/mol. The number of morpholine rings is 1. The fraction of sp³-hybridized carbons (Fsp3) is 0.308. The number of benzene rings is 2. The minimum atomic E-state index is -0.186. The first-order valence-corrected chi connectivity index (χ1v) is 12.6. The summed E-state index contributed by atoms with van der Waals surface area (Å²) in [6.07, 6.45) is 4.88. The van der Waals surface area contributed by atoms with Gasteiger partial charge in [-0.25, -0.2) is 15.0 Å². The van der Waals surface area contributed by atoms with Crippen molar-refractivity contribution in [3.8, 4) is 11.5 Å². The molecule has 0 amide bonds. The van der Waals surface area contributed by atoms with Crippen LogP contribution in [-0.4, -0.2) is 63.2 Å². The van der Waals surface area contributed by atoms with Gasteiger partial charge in [0.25, 0.3) is 0 Å². The van der Waals surface area contributed by atoms with Crippen LogP contribution >= 0.6 is 11.6 Å². The number of hydrogen-bond donors (Lipinski definition) is 2. The topological polar surface area (TPSA) is 102 Å². The van der Waals surface area contributed by atoms with Gasteiger partial charge >= 0.3 is 0 Å². The fourth-order valence-corrected chi connectivity index (χ4v) is 4.37. The Labute approximate surface area is 220 Å². The third kappa shape index (κ3) is 5.36. The number of nitrogens with one attached hydrogen (secondary N) is 2. The third-order valence-corrected chi connectivity index (χ3v) is 6.29. The summed E-state index contributed by atoms with van der Waals surface area (Å²) in [6, 6.07) is 11.3. The number of imidazole rings is 1. The molecule has 4 aromatic rings. The van der Waals surface area contributed by atoms with E-state index in [1.807, 2.05) is 55.8 Å². The van der Waals surface area contributed by atoms with E-state index in [-0.39, 0.29) is 6.29 Å². The van der Waals surface area contributed by atoms with E-state index in [4.69, 9.17) is 21.1 Å². The van der Waals surface area contributed by atoms with Crippen molar-refractivity contribution >= 4 is 46.0 Å². The first-order valence-electron chi connectivity index (χ1n) is 12.3. The number of aromatic nitrogens is 4. The van der Waals surface area contributed by atoms with E-state index in [0.29, 0.717) is 35.6 Å². The molecule has 1 atom stereocenters. The van der Waals surface area contributed by atoms with Gasteiger partial charge in [-0.15, -0.1) is 0 Å². The zero-order valence-electron chi connectivity index (χ0n) is 21.0. The molecule has 4 heterocycles. The first kappa shape index (κ1) is 24.9.